The minimum absolute atomic E-state index is 0.0522. The van der Waals surface area contributed by atoms with Gasteiger partial charge in [-0.15, -0.1) is 0 Å². The van der Waals surface area contributed by atoms with E-state index in [2.05, 4.69) is 13.2 Å². The Bertz CT molecular complexity index is 379. The maximum atomic E-state index is 12.0. The van der Waals surface area contributed by atoms with E-state index in [-0.39, 0.29) is 11.8 Å². The average Bonchev–Trinajstić information content (AvgIpc) is 2.78. The minimum atomic E-state index is -0.685. The molecule has 0 aliphatic heterocycles. The third kappa shape index (κ3) is 2.54. The van der Waals surface area contributed by atoms with Gasteiger partial charge in [-0.2, -0.15) is 0 Å². The number of allylic oxidation sites excluding steroid dienone is 3. The monoisotopic (exact) mass is 234 g/mol. The smallest absolute Gasteiger partial charge is 0.316 e. The Labute approximate surface area is 102 Å². The maximum absolute atomic E-state index is 12.0. The van der Waals surface area contributed by atoms with E-state index in [0.29, 0.717) is 19.3 Å². The predicted octanol–water partition coefficient (Wildman–Crippen LogP) is 2.59. The van der Waals surface area contributed by atoms with E-state index >= 15 is 0 Å². The highest BCUT2D eigenvalue weighted by Gasteiger charge is 2.43. The summed E-state index contributed by atoms with van der Waals surface area (Å²) >= 11 is 0. The van der Waals surface area contributed by atoms with E-state index in [1.54, 1.807) is 6.08 Å². The van der Waals surface area contributed by atoms with Crippen LogP contribution >= 0.6 is 0 Å². The van der Waals surface area contributed by atoms with E-state index < -0.39 is 5.41 Å². The second kappa shape index (κ2) is 5.62. The molecule has 1 unspecified atom stereocenters. The van der Waals surface area contributed by atoms with Crippen molar-refractivity contribution >= 4 is 11.8 Å². The molecule has 1 atom stereocenters. The van der Waals surface area contributed by atoms with Gasteiger partial charge in [0.1, 0.15) is 0 Å². The van der Waals surface area contributed by atoms with Gasteiger partial charge in [-0.3, -0.25) is 9.59 Å². The van der Waals surface area contributed by atoms with Crippen molar-refractivity contribution in [1.82, 2.24) is 0 Å². The second-order valence-corrected chi connectivity index (χ2v) is 4.15. The molecule has 0 bridgehead atoms. The lowest BCUT2D eigenvalue weighted by molar-refractivity contribution is -0.150. The molecule has 17 heavy (non-hydrogen) atoms. The first-order chi connectivity index (χ1) is 8.10. The van der Waals surface area contributed by atoms with Crippen molar-refractivity contribution in [3.8, 4) is 0 Å². The standard InChI is InChI=1S/C14H18O3/c1-4-11-7-6-9-14(11,13(16)17-3)10-8-12(15)5-2/h4-5,7H,1-2,6,8-10H2,3H3. The van der Waals surface area contributed by atoms with Crippen molar-refractivity contribution in [3.63, 3.8) is 0 Å². The minimum Gasteiger partial charge on any atom is -0.468 e. The number of ether oxygens (including phenoxy) is 1. The number of esters is 1. The molecule has 3 nitrogen and oxygen atoms in total. The van der Waals surface area contributed by atoms with Crippen LogP contribution in [0.15, 0.2) is 37.0 Å². The van der Waals surface area contributed by atoms with Gasteiger partial charge in [0, 0.05) is 6.42 Å². The van der Waals surface area contributed by atoms with Crippen LogP contribution in [0.3, 0.4) is 0 Å². The predicted molar refractivity (Wildman–Crippen MR) is 66.4 cm³/mol. The molecule has 0 spiro atoms. The molecule has 0 fully saturated rings. The summed E-state index contributed by atoms with van der Waals surface area (Å²) in [4.78, 5) is 23.3. The fraction of sp³-hybridized carbons (Fsp3) is 0.429. The van der Waals surface area contributed by atoms with Crippen LogP contribution in [-0.4, -0.2) is 18.9 Å². The molecule has 0 saturated heterocycles. The lowest BCUT2D eigenvalue weighted by Crippen LogP contribution is -2.32. The molecule has 0 N–H and O–H groups in total. The Morgan fingerprint density at radius 2 is 2.24 bits per heavy atom. The molecule has 1 rings (SSSR count). The number of hydrogen-bond acceptors (Lipinski definition) is 3. The lowest BCUT2D eigenvalue weighted by atomic mass is 9.76. The zero-order valence-electron chi connectivity index (χ0n) is 10.2. The molecule has 92 valence electrons. The normalized spacial score (nSPS) is 22.8. The van der Waals surface area contributed by atoms with Crippen molar-refractivity contribution in [2.45, 2.75) is 25.7 Å². The van der Waals surface area contributed by atoms with Crippen LogP contribution in [0.25, 0.3) is 0 Å². The van der Waals surface area contributed by atoms with Gasteiger partial charge in [0.2, 0.25) is 0 Å². The van der Waals surface area contributed by atoms with Gasteiger partial charge in [-0.1, -0.05) is 25.3 Å². The summed E-state index contributed by atoms with van der Waals surface area (Å²) in [5.41, 5.74) is 0.191. The van der Waals surface area contributed by atoms with Crippen LogP contribution < -0.4 is 0 Å². The summed E-state index contributed by atoms with van der Waals surface area (Å²) in [6.07, 6.45) is 7.23. The Morgan fingerprint density at radius 1 is 1.53 bits per heavy atom. The van der Waals surface area contributed by atoms with Gasteiger partial charge in [-0.25, -0.2) is 0 Å². The molecular formula is C14H18O3. The highest BCUT2D eigenvalue weighted by atomic mass is 16.5. The van der Waals surface area contributed by atoms with Gasteiger partial charge in [0.25, 0.3) is 0 Å². The molecule has 3 heteroatoms. The molecule has 0 aromatic carbocycles. The van der Waals surface area contributed by atoms with Crippen LogP contribution in [-0.2, 0) is 14.3 Å². The molecule has 1 aliphatic carbocycles. The maximum Gasteiger partial charge on any atom is 0.316 e. The third-order valence-corrected chi connectivity index (χ3v) is 3.31. The highest BCUT2D eigenvalue weighted by molar-refractivity contribution is 5.90. The Morgan fingerprint density at radius 3 is 2.76 bits per heavy atom. The Hall–Kier alpha value is -1.64. The van der Waals surface area contributed by atoms with E-state index in [1.165, 1.54) is 13.2 Å². The summed E-state index contributed by atoms with van der Waals surface area (Å²) in [6.45, 7) is 7.15. The van der Waals surface area contributed by atoms with Gasteiger partial charge in [-0.05, 0) is 30.9 Å². The van der Waals surface area contributed by atoms with Crippen LogP contribution in [0.4, 0.5) is 0 Å². The van der Waals surface area contributed by atoms with Crippen molar-refractivity contribution in [2.24, 2.45) is 5.41 Å². The van der Waals surface area contributed by atoms with E-state index in [0.717, 1.165) is 12.0 Å². The van der Waals surface area contributed by atoms with E-state index in [9.17, 15) is 9.59 Å². The fourth-order valence-electron chi connectivity index (χ4n) is 2.32. The fourth-order valence-corrected chi connectivity index (χ4v) is 2.32. The number of rotatable bonds is 6. The number of ketones is 1. The van der Waals surface area contributed by atoms with E-state index in [1.807, 2.05) is 6.08 Å². The van der Waals surface area contributed by atoms with Crippen LogP contribution in [0, 0.1) is 5.41 Å². The number of carbonyl (C=O) groups is 2. The van der Waals surface area contributed by atoms with Gasteiger partial charge in [0.05, 0.1) is 12.5 Å². The van der Waals surface area contributed by atoms with Gasteiger partial charge in [0.15, 0.2) is 5.78 Å². The summed E-state index contributed by atoms with van der Waals surface area (Å²) in [5, 5.41) is 0. The Kier molecular flexibility index (Phi) is 4.44. The molecule has 0 aromatic rings. The molecule has 0 amide bonds. The van der Waals surface area contributed by atoms with Crippen molar-refractivity contribution in [2.75, 3.05) is 7.11 Å². The van der Waals surface area contributed by atoms with Crippen molar-refractivity contribution in [3.05, 3.63) is 37.0 Å². The molecular weight excluding hydrogens is 216 g/mol. The van der Waals surface area contributed by atoms with Gasteiger partial charge >= 0.3 is 5.97 Å². The zero-order chi connectivity index (χ0) is 12.9. The second-order valence-electron chi connectivity index (χ2n) is 4.15. The van der Waals surface area contributed by atoms with Crippen LogP contribution in [0.2, 0.25) is 0 Å². The Balaban J connectivity index is 2.91. The summed E-state index contributed by atoms with van der Waals surface area (Å²) in [5.74, 6) is -0.332. The number of methoxy groups -OCH3 is 1. The lowest BCUT2D eigenvalue weighted by Gasteiger charge is -2.27. The molecule has 1 aliphatic rings. The molecule has 0 radical (unpaired) electrons. The van der Waals surface area contributed by atoms with Crippen molar-refractivity contribution < 1.29 is 14.3 Å². The zero-order valence-corrected chi connectivity index (χ0v) is 10.2. The first-order valence-corrected chi connectivity index (χ1v) is 5.67. The highest BCUT2D eigenvalue weighted by Crippen LogP contribution is 2.44. The van der Waals surface area contributed by atoms with Crippen molar-refractivity contribution in [1.29, 1.82) is 0 Å². The summed E-state index contributed by atoms with van der Waals surface area (Å²) in [6, 6.07) is 0. The number of hydrogen-bond donors (Lipinski definition) is 0. The largest absolute Gasteiger partial charge is 0.468 e. The first-order valence-electron chi connectivity index (χ1n) is 5.67. The summed E-state index contributed by atoms with van der Waals surface area (Å²) < 4.78 is 4.87. The van der Waals surface area contributed by atoms with E-state index in [4.69, 9.17) is 4.74 Å². The quantitative estimate of drug-likeness (QED) is 0.524. The number of carbonyl (C=O) groups excluding carboxylic acids is 2. The van der Waals surface area contributed by atoms with Crippen LogP contribution in [0.1, 0.15) is 25.7 Å². The van der Waals surface area contributed by atoms with Crippen LogP contribution in [0.5, 0.6) is 0 Å². The van der Waals surface area contributed by atoms with Gasteiger partial charge < -0.3 is 4.74 Å². The molecule has 0 heterocycles. The molecule has 0 saturated carbocycles. The third-order valence-electron chi connectivity index (χ3n) is 3.31. The first kappa shape index (κ1) is 13.4. The SMILES string of the molecule is C=CC(=O)CCC1(C(=O)OC)CCC=C1C=C. The summed E-state index contributed by atoms with van der Waals surface area (Å²) in [7, 11) is 1.37. The average molecular weight is 234 g/mol. The molecule has 0 aromatic heterocycles. The topological polar surface area (TPSA) is 43.4 Å².